The fourth-order valence-electron chi connectivity index (χ4n) is 3.26. The van der Waals surface area contributed by atoms with Crippen molar-refractivity contribution in [2.45, 2.75) is 96.2 Å². The molecule has 0 radical (unpaired) electrons. The van der Waals surface area contributed by atoms with Crippen molar-refractivity contribution in [3.63, 3.8) is 0 Å². The van der Waals surface area contributed by atoms with Crippen LogP contribution in [0, 0.1) is 0 Å². The van der Waals surface area contributed by atoms with Gasteiger partial charge in [0.2, 0.25) is 0 Å². The molecule has 0 heterocycles. The average Bonchev–Trinajstić information content (AvgIpc) is 2.57. The fourth-order valence-corrected chi connectivity index (χ4v) is 4.68. The van der Waals surface area contributed by atoms with E-state index in [1.165, 1.54) is 0 Å². The molecule has 0 unspecified atom stereocenters. The van der Waals surface area contributed by atoms with Crippen LogP contribution in [0.3, 0.4) is 0 Å². The topological polar surface area (TPSA) is 47.6 Å². The van der Waals surface area contributed by atoms with Gasteiger partial charge < -0.3 is 14.5 Å². The number of ether oxygens (including phenoxy) is 1. The highest BCUT2D eigenvalue weighted by molar-refractivity contribution is 6.74. The first kappa shape index (κ1) is 22.0. The molecule has 1 aromatic rings. The molecule has 1 aliphatic rings. The first-order valence-electron chi connectivity index (χ1n) is 10.3. The number of carbonyl (C=O) groups excluding carboxylic acids is 1. The molecule has 1 fully saturated rings. The highest BCUT2D eigenvalue weighted by Gasteiger charge is 2.39. The number of amides is 1. The number of carbonyl (C=O) groups is 1. The zero-order valence-corrected chi connectivity index (χ0v) is 18.7. The van der Waals surface area contributed by atoms with E-state index in [2.05, 4.69) is 39.2 Å². The molecule has 152 valence electrons. The molecule has 0 spiro atoms. The highest BCUT2D eigenvalue weighted by atomic mass is 28.4. The van der Waals surface area contributed by atoms with Crippen molar-refractivity contribution < 1.29 is 14.0 Å². The van der Waals surface area contributed by atoms with E-state index in [0.29, 0.717) is 12.7 Å². The Bertz CT molecular complexity index is 573. The van der Waals surface area contributed by atoms with Gasteiger partial charge in [0.1, 0.15) is 6.61 Å². The summed E-state index contributed by atoms with van der Waals surface area (Å²) in [5.74, 6) is 0. The van der Waals surface area contributed by atoms with Crippen molar-refractivity contribution in [3.8, 4) is 0 Å². The second kappa shape index (κ2) is 9.74. The highest BCUT2D eigenvalue weighted by Crippen LogP contribution is 2.38. The number of benzene rings is 1. The van der Waals surface area contributed by atoms with Crippen molar-refractivity contribution in [3.05, 3.63) is 35.9 Å². The largest absolute Gasteiger partial charge is 0.445 e. The number of hydrogen-bond donors (Lipinski definition) is 1. The van der Waals surface area contributed by atoms with Crippen LogP contribution in [-0.4, -0.2) is 26.6 Å². The van der Waals surface area contributed by atoms with Crippen LogP contribution in [0.25, 0.3) is 0 Å². The summed E-state index contributed by atoms with van der Waals surface area (Å²) in [7, 11) is -1.71. The Labute approximate surface area is 166 Å². The first-order chi connectivity index (χ1) is 12.7. The monoisotopic (exact) mass is 391 g/mol. The van der Waals surface area contributed by atoms with Gasteiger partial charge in [0, 0.05) is 12.1 Å². The third-order valence-electron chi connectivity index (χ3n) is 5.96. The summed E-state index contributed by atoms with van der Waals surface area (Å²) in [5.41, 5.74) is 1.01. The molecular weight excluding hydrogens is 354 g/mol. The van der Waals surface area contributed by atoms with E-state index in [-0.39, 0.29) is 17.2 Å². The molecule has 0 bridgehead atoms. The van der Waals surface area contributed by atoms with Crippen LogP contribution in [0.15, 0.2) is 30.3 Å². The van der Waals surface area contributed by atoms with Gasteiger partial charge in [-0.2, -0.15) is 0 Å². The Morgan fingerprint density at radius 3 is 2.22 bits per heavy atom. The second-order valence-corrected chi connectivity index (χ2v) is 14.0. The van der Waals surface area contributed by atoms with E-state index < -0.39 is 8.32 Å². The minimum absolute atomic E-state index is 0.210. The summed E-state index contributed by atoms with van der Waals surface area (Å²) in [6.07, 6.45) is 6.41. The van der Waals surface area contributed by atoms with Crippen LogP contribution >= 0.6 is 0 Å². The van der Waals surface area contributed by atoms with Gasteiger partial charge in [0.15, 0.2) is 8.32 Å². The molecule has 0 aliphatic heterocycles. The quantitative estimate of drug-likeness (QED) is 0.624. The Hall–Kier alpha value is -1.33. The molecule has 0 aromatic heterocycles. The maximum atomic E-state index is 12.1. The predicted octanol–water partition coefficient (Wildman–Crippen LogP) is 6.03. The third kappa shape index (κ3) is 7.30. The third-order valence-corrected chi connectivity index (χ3v) is 10.5. The molecule has 2 rings (SSSR count). The van der Waals surface area contributed by atoms with Gasteiger partial charge in [-0.1, -0.05) is 51.1 Å². The van der Waals surface area contributed by atoms with Crippen LogP contribution in [0.5, 0.6) is 0 Å². The van der Waals surface area contributed by atoms with E-state index in [4.69, 9.17) is 9.16 Å². The summed E-state index contributed by atoms with van der Waals surface area (Å²) < 4.78 is 12.0. The Morgan fingerprint density at radius 2 is 1.67 bits per heavy atom. The Kier molecular flexibility index (Phi) is 7.92. The van der Waals surface area contributed by atoms with Crippen LogP contribution in [0.1, 0.15) is 64.9 Å². The lowest BCUT2D eigenvalue weighted by Gasteiger charge is -2.40. The van der Waals surface area contributed by atoms with Crippen molar-refractivity contribution in [1.29, 1.82) is 0 Å². The molecule has 1 aromatic carbocycles. The molecular formula is C22H37NO3Si. The van der Waals surface area contributed by atoms with Crippen molar-refractivity contribution >= 4 is 14.4 Å². The molecule has 0 atom stereocenters. The van der Waals surface area contributed by atoms with Gasteiger partial charge in [-0.05, 0) is 62.2 Å². The maximum Gasteiger partial charge on any atom is 0.407 e. The van der Waals surface area contributed by atoms with E-state index in [0.717, 1.165) is 44.1 Å². The van der Waals surface area contributed by atoms with Gasteiger partial charge >= 0.3 is 6.09 Å². The Morgan fingerprint density at radius 1 is 1.07 bits per heavy atom. The summed E-state index contributed by atoms with van der Waals surface area (Å²) >= 11 is 0. The van der Waals surface area contributed by atoms with Crippen LogP contribution in [0.2, 0.25) is 18.1 Å². The lowest BCUT2D eigenvalue weighted by Crippen LogP contribution is -2.44. The maximum absolute atomic E-state index is 12.1. The molecule has 5 heteroatoms. The number of alkyl carbamates (subject to hydrolysis) is 1. The first-order valence-corrected chi connectivity index (χ1v) is 13.2. The molecule has 0 saturated heterocycles. The van der Waals surface area contributed by atoms with E-state index in [9.17, 15) is 4.79 Å². The van der Waals surface area contributed by atoms with Crippen molar-refractivity contribution in [2.75, 3.05) is 0 Å². The number of nitrogens with one attached hydrogen (secondary N) is 1. The molecule has 1 aliphatic carbocycles. The molecule has 1 saturated carbocycles. The van der Waals surface area contributed by atoms with Gasteiger partial charge in [0.05, 0.1) is 0 Å². The lowest BCUT2D eigenvalue weighted by atomic mass is 9.95. The van der Waals surface area contributed by atoms with Crippen LogP contribution in [-0.2, 0) is 15.8 Å². The minimum atomic E-state index is -1.71. The summed E-state index contributed by atoms with van der Waals surface area (Å²) in [5, 5.41) is 3.30. The van der Waals surface area contributed by atoms with E-state index in [1.807, 2.05) is 30.3 Å². The summed E-state index contributed by atoms with van der Waals surface area (Å²) in [4.78, 5) is 12.1. The van der Waals surface area contributed by atoms with Crippen LogP contribution in [0.4, 0.5) is 4.79 Å². The molecule has 1 amide bonds. The van der Waals surface area contributed by atoms with E-state index in [1.54, 1.807) is 0 Å². The standard InChI is InChI=1S/C22H37NO3Si/c1-22(2,3)27(4,5)26-20-15-9-13-19(14-10-16-20)23-21(24)25-17-18-11-7-6-8-12-18/h6-8,11-12,19-20H,9-10,13-17H2,1-5H3,(H,23,24). The average molecular weight is 392 g/mol. The lowest BCUT2D eigenvalue weighted by molar-refractivity contribution is 0.126. The zero-order chi connectivity index (χ0) is 19.9. The van der Waals surface area contributed by atoms with Gasteiger partial charge in [-0.3, -0.25) is 0 Å². The predicted molar refractivity (Wildman–Crippen MR) is 113 cm³/mol. The minimum Gasteiger partial charge on any atom is -0.445 e. The Balaban J connectivity index is 1.73. The second-order valence-electron chi connectivity index (χ2n) is 9.26. The zero-order valence-electron chi connectivity index (χ0n) is 17.7. The number of rotatable bonds is 5. The van der Waals surface area contributed by atoms with Crippen molar-refractivity contribution in [1.82, 2.24) is 5.32 Å². The molecule has 27 heavy (non-hydrogen) atoms. The van der Waals surface area contributed by atoms with E-state index >= 15 is 0 Å². The van der Waals surface area contributed by atoms with Gasteiger partial charge in [-0.25, -0.2) is 4.79 Å². The van der Waals surface area contributed by atoms with Gasteiger partial charge in [-0.15, -0.1) is 0 Å². The summed E-state index contributed by atoms with van der Waals surface area (Å²) in [6.45, 7) is 11.9. The van der Waals surface area contributed by atoms with Crippen LogP contribution < -0.4 is 5.32 Å². The molecule has 1 N–H and O–H groups in total. The SMILES string of the molecule is CC(C)(C)[Si](C)(C)OC1CCCC(NC(=O)OCc2ccccc2)CCC1. The molecule has 4 nitrogen and oxygen atoms in total. The van der Waals surface area contributed by atoms with Crippen molar-refractivity contribution in [2.24, 2.45) is 0 Å². The van der Waals surface area contributed by atoms with Gasteiger partial charge in [0.25, 0.3) is 0 Å². The number of hydrogen-bond acceptors (Lipinski definition) is 3. The normalized spacial score (nSPS) is 21.8. The summed E-state index contributed by atoms with van der Waals surface area (Å²) in [6, 6.07) is 10.0. The fraction of sp³-hybridized carbons (Fsp3) is 0.682. The smallest absolute Gasteiger partial charge is 0.407 e.